The van der Waals surface area contributed by atoms with Gasteiger partial charge in [-0.25, -0.2) is 0 Å². The van der Waals surface area contributed by atoms with Gasteiger partial charge in [-0.2, -0.15) is 0 Å². The van der Waals surface area contributed by atoms with Crippen LogP contribution in [0, 0.1) is 6.92 Å². The maximum Gasteiger partial charge on any atom is 0.200 e. The van der Waals surface area contributed by atoms with E-state index in [0.717, 1.165) is 5.56 Å². The van der Waals surface area contributed by atoms with Crippen LogP contribution in [0.5, 0.6) is 5.75 Å². The number of Topliss-reactive ketones (excluding diaryl/α,β-unsaturated/α-hetero) is 1. The fraction of sp³-hybridized carbons (Fsp3) is 0.133. The van der Waals surface area contributed by atoms with E-state index in [1.165, 1.54) is 12.1 Å². The number of rotatable bonds is 4. The van der Waals surface area contributed by atoms with Crippen molar-refractivity contribution in [1.82, 2.24) is 0 Å². The minimum absolute atomic E-state index is 0.110. The molecule has 0 aliphatic heterocycles. The summed E-state index contributed by atoms with van der Waals surface area (Å²) in [4.78, 5) is 12.0. The summed E-state index contributed by atoms with van der Waals surface area (Å²) in [5.74, 6) is 0.202. The second kappa shape index (κ2) is 6.49. The van der Waals surface area contributed by atoms with Crippen LogP contribution in [0.1, 0.15) is 15.9 Å². The fourth-order valence-electron chi connectivity index (χ4n) is 1.58. The van der Waals surface area contributed by atoms with Gasteiger partial charge in [-0.3, -0.25) is 4.79 Å². The van der Waals surface area contributed by atoms with Crippen molar-refractivity contribution >= 4 is 40.6 Å². The number of carbonyl (C=O) groups excluding carboxylic acids is 1. The first-order valence-electron chi connectivity index (χ1n) is 5.84. The Bertz CT molecular complexity index is 636. The smallest absolute Gasteiger partial charge is 0.200 e. The Morgan fingerprint density at radius 2 is 1.60 bits per heavy atom. The number of hydrogen-bond donors (Lipinski definition) is 0. The number of hydrogen-bond acceptors (Lipinski definition) is 2. The lowest BCUT2D eigenvalue weighted by Crippen LogP contribution is -2.11. The highest BCUT2D eigenvalue weighted by atomic mass is 35.5. The molecule has 0 spiro atoms. The fourth-order valence-corrected chi connectivity index (χ4v) is 2.17. The van der Waals surface area contributed by atoms with Gasteiger partial charge in [0, 0.05) is 11.6 Å². The van der Waals surface area contributed by atoms with E-state index in [9.17, 15) is 4.79 Å². The summed E-state index contributed by atoms with van der Waals surface area (Å²) in [6.45, 7) is 1.85. The zero-order chi connectivity index (χ0) is 14.7. The Hall–Kier alpha value is -1.22. The van der Waals surface area contributed by atoms with Crippen LogP contribution >= 0.6 is 34.8 Å². The van der Waals surface area contributed by atoms with Gasteiger partial charge < -0.3 is 4.74 Å². The van der Waals surface area contributed by atoms with Crippen LogP contribution in [0.4, 0.5) is 0 Å². The number of ether oxygens (including phenoxy) is 1. The summed E-state index contributed by atoms with van der Waals surface area (Å²) >= 11 is 17.7. The zero-order valence-corrected chi connectivity index (χ0v) is 12.9. The molecule has 20 heavy (non-hydrogen) atoms. The number of aryl methyl sites for hydroxylation is 1. The second-order valence-electron chi connectivity index (χ2n) is 4.27. The molecule has 0 unspecified atom stereocenters. The van der Waals surface area contributed by atoms with Crippen LogP contribution in [0.2, 0.25) is 15.1 Å². The Labute approximate surface area is 132 Å². The van der Waals surface area contributed by atoms with Crippen molar-refractivity contribution in [2.75, 3.05) is 6.61 Å². The van der Waals surface area contributed by atoms with Gasteiger partial charge in [0.1, 0.15) is 5.75 Å². The van der Waals surface area contributed by atoms with E-state index in [4.69, 9.17) is 39.5 Å². The van der Waals surface area contributed by atoms with E-state index in [0.29, 0.717) is 26.4 Å². The predicted molar refractivity (Wildman–Crippen MR) is 82.5 cm³/mol. The summed E-state index contributed by atoms with van der Waals surface area (Å²) in [6, 6.07) is 10.2. The largest absolute Gasteiger partial charge is 0.484 e. The van der Waals surface area contributed by atoms with Crippen LogP contribution in [0.3, 0.4) is 0 Å². The van der Waals surface area contributed by atoms with Crippen molar-refractivity contribution in [1.29, 1.82) is 0 Å². The molecule has 0 aromatic heterocycles. The molecule has 104 valence electrons. The van der Waals surface area contributed by atoms with Crippen molar-refractivity contribution < 1.29 is 9.53 Å². The molecule has 0 bridgehead atoms. The Balaban J connectivity index is 2.07. The van der Waals surface area contributed by atoms with Crippen molar-refractivity contribution in [2.45, 2.75) is 6.92 Å². The summed E-state index contributed by atoms with van der Waals surface area (Å²) in [5.41, 5.74) is 1.68. The molecule has 0 saturated heterocycles. The van der Waals surface area contributed by atoms with Gasteiger partial charge in [0.15, 0.2) is 12.4 Å². The number of carbonyl (C=O) groups is 1. The quantitative estimate of drug-likeness (QED) is 0.568. The lowest BCUT2D eigenvalue weighted by molar-refractivity contribution is 0.0921. The molecule has 0 radical (unpaired) electrons. The van der Waals surface area contributed by atoms with E-state index < -0.39 is 0 Å². The average Bonchev–Trinajstić information content (AvgIpc) is 2.42. The van der Waals surface area contributed by atoms with E-state index in [2.05, 4.69) is 0 Å². The van der Waals surface area contributed by atoms with Crippen molar-refractivity contribution in [2.24, 2.45) is 0 Å². The molecule has 2 rings (SSSR count). The Morgan fingerprint density at radius 1 is 1.00 bits per heavy atom. The number of benzene rings is 2. The zero-order valence-electron chi connectivity index (χ0n) is 10.6. The normalized spacial score (nSPS) is 10.4. The standard InChI is InChI=1S/C15H11Cl3O2/c1-9-2-4-10(5-3-9)14(19)8-20-15-7-12(17)11(16)6-13(15)18/h2-7H,8H2,1H3. The molecule has 2 aromatic rings. The topological polar surface area (TPSA) is 26.3 Å². The van der Waals surface area contributed by atoms with Gasteiger partial charge in [-0.15, -0.1) is 0 Å². The second-order valence-corrected chi connectivity index (χ2v) is 5.50. The van der Waals surface area contributed by atoms with E-state index in [-0.39, 0.29) is 12.4 Å². The molecule has 0 N–H and O–H groups in total. The van der Waals surface area contributed by atoms with Crippen molar-refractivity contribution in [3.63, 3.8) is 0 Å². The van der Waals surface area contributed by atoms with Gasteiger partial charge in [-0.05, 0) is 13.0 Å². The molecule has 0 amide bonds. The molecule has 0 aliphatic rings. The van der Waals surface area contributed by atoms with Crippen LogP contribution in [-0.4, -0.2) is 12.4 Å². The first-order chi connectivity index (χ1) is 9.47. The van der Waals surface area contributed by atoms with E-state index in [1.54, 1.807) is 12.1 Å². The minimum Gasteiger partial charge on any atom is -0.484 e. The van der Waals surface area contributed by atoms with Crippen LogP contribution < -0.4 is 4.74 Å². The number of halogens is 3. The molecular weight excluding hydrogens is 319 g/mol. The molecule has 0 aliphatic carbocycles. The van der Waals surface area contributed by atoms with Crippen molar-refractivity contribution in [3.8, 4) is 5.75 Å². The number of ketones is 1. The van der Waals surface area contributed by atoms with Crippen molar-refractivity contribution in [3.05, 3.63) is 62.6 Å². The van der Waals surface area contributed by atoms with Gasteiger partial charge in [0.05, 0.1) is 15.1 Å². The Morgan fingerprint density at radius 3 is 2.25 bits per heavy atom. The van der Waals surface area contributed by atoms with Crippen LogP contribution in [0.15, 0.2) is 36.4 Å². The SMILES string of the molecule is Cc1ccc(C(=O)COc2cc(Cl)c(Cl)cc2Cl)cc1. The molecule has 5 heteroatoms. The predicted octanol–water partition coefficient (Wildman–Crippen LogP) is 5.22. The Kier molecular flexibility index (Phi) is 4.92. The summed E-state index contributed by atoms with van der Waals surface area (Å²) in [7, 11) is 0. The third-order valence-corrected chi connectivity index (χ3v) is 3.72. The molecule has 0 saturated carbocycles. The van der Waals surface area contributed by atoms with Gasteiger partial charge >= 0.3 is 0 Å². The van der Waals surface area contributed by atoms with Gasteiger partial charge in [0.2, 0.25) is 0 Å². The lowest BCUT2D eigenvalue weighted by Gasteiger charge is -2.09. The first-order valence-corrected chi connectivity index (χ1v) is 6.98. The molecule has 0 atom stereocenters. The first kappa shape index (κ1) is 15.2. The van der Waals surface area contributed by atoms with E-state index >= 15 is 0 Å². The minimum atomic E-state index is -0.132. The lowest BCUT2D eigenvalue weighted by atomic mass is 10.1. The molecule has 0 heterocycles. The highest BCUT2D eigenvalue weighted by Crippen LogP contribution is 2.33. The third-order valence-electron chi connectivity index (χ3n) is 2.71. The van der Waals surface area contributed by atoms with Crippen LogP contribution in [0.25, 0.3) is 0 Å². The summed E-state index contributed by atoms with van der Waals surface area (Å²) < 4.78 is 5.39. The maximum absolute atomic E-state index is 12.0. The van der Waals surface area contributed by atoms with Gasteiger partial charge in [-0.1, -0.05) is 64.6 Å². The maximum atomic E-state index is 12.0. The third kappa shape index (κ3) is 3.66. The van der Waals surface area contributed by atoms with Gasteiger partial charge in [0.25, 0.3) is 0 Å². The molecule has 2 nitrogen and oxygen atoms in total. The van der Waals surface area contributed by atoms with Crippen LogP contribution in [-0.2, 0) is 0 Å². The summed E-state index contributed by atoms with van der Waals surface area (Å²) in [5, 5.41) is 0.985. The molecule has 0 fully saturated rings. The molecule has 2 aromatic carbocycles. The average molecular weight is 330 g/mol. The highest BCUT2D eigenvalue weighted by Gasteiger charge is 2.10. The highest BCUT2D eigenvalue weighted by molar-refractivity contribution is 6.43. The molecular formula is C15H11Cl3O2. The van der Waals surface area contributed by atoms with E-state index in [1.807, 2.05) is 19.1 Å². The summed E-state index contributed by atoms with van der Waals surface area (Å²) in [6.07, 6.45) is 0. The monoisotopic (exact) mass is 328 g/mol.